The van der Waals surface area contributed by atoms with Crippen LogP contribution in [0.15, 0.2) is 0 Å². The Kier molecular flexibility index (Phi) is 3.49. The van der Waals surface area contributed by atoms with Gasteiger partial charge in [0.15, 0.2) is 0 Å². The lowest BCUT2D eigenvalue weighted by molar-refractivity contribution is 0.263. The molecule has 0 fully saturated rings. The molecule has 0 aromatic carbocycles. The normalized spacial score (nSPS) is 12.9. The molecule has 1 atom stereocenters. The van der Waals surface area contributed by atoms with Gasteiger partial charge in [0.25, 0.3) is 0 Å². The maximum Gasteiger partial charge on any atom is 0.215 e. The third kappa shape index (κ3) is 1.73. The lowest BCUT2D eigenvalue weighted by Crippen LogP contribution is -2.17. The molecule has 1 aromatic rings. The van der Waals surface area contributed by atoms with Crippen molar-refractivity contribution < 1.29 is 9.84 Å². The maximum atomic E-state index is 9.16. The van der Waals surface area contributed by atoms with Crippen molar-refractivity contribution in [2.75, 3.05) is 20.3 Å². The van der Waals surface area contributed by atoms with Crippen molar-refractivity contribution in [2.45, 2.75) is 12.8 Å². The van der Waals surface area contributed by atoms with E-state index in [9.17, 15) is 0 Å². The van der Waals surface area contributed by atoms with E-state index in [1.807, 2.05) is 6.92 Å². The number of nitrogens with two attached hydrogens (primary N) is 1. The third-order valence-corrected chi connectivity index (χ3v) is 2.32. The Hall–Kier alpha value is -1.07. The number of ether oxygens (including phenoxy) is 1. The van der Waals surface area contributed by atoms with Crippen molar-refractivity contribution in [1.82, 2.24) is 9.78 Å². The highest BCUT2D eigenvalue weighted by Crippen LogP contribution is 2.28. The zero-order valence-corrected chi connectivity index (χ0v) is 8.82. The van der Waals surface area contributed by atoms with Crippen LogP contribution in [0, 0.1) is 6.92 Å². The summed E-state index contributed by atoms with van der Waals surface area (Å²) < 4.78 is 6.87. The van der Waals surface area contributed by atoms with E-state index >= 15 is 0 Å². The molecule has 80 valence electrons. The fourth-order valence-corrected chi connectivity index (χ4v) is 1.65. The summed E-state index contributed by atoms with van der Waals surface area (Å²) in [5.41, 5.74) is 7.32. The van der Waals surface area contributed by atoms with E-state index in [0.29, 0.717) is 12.4 Å². The van der Waals surface area contributed by atoms with Gasteiger partial charge in [0, 0.05) is 25.1 Å². The summed E-state index contributed by atoms with van der Waals surface area (Å²) >= 11 is 0. The minimum atomic E-state index is -0.0985. The van der Waals surface area contributed by atoms with Gasteiger partial charge in [0.1, 0.15) is 0 Å². The van der Waals surface area contributed by atoms with E-state index in [1.54, 1.807) is 18.8 Å². The molecule has 1 aromatic heterocycles. The molecule has 3 N–H and O–H groups in total. The second-order valence-corrected chi connectivity index (χ2v) is 3.25. The molecule has 0 aliphatic carbocycles. The summed E-state index contributed by atoms with van der Waals surface area (Å²) in [7, 11) is 3.39. The fraction of sp³-hybridized carbons (Fsp3) is 0.667. The van der Waals surface area contributed by atoms with Crippen LogP contribution < -0.4 is 10.5 Å². The van der Waals surface area contributed by atoms with Gasteiger partial charge in [-0.25, -0.2) is 4.68 Å². The lowest BCUT2D eigenvalue weighted by atomic mass is 10.0. The molecule has 0 saturated heterocycles. The second-order valence-electron chi connectivity index (χ2n) is 3.25. The first kappa shape index (κ1) is 11.0. The van der Waals surface area contributed by atoms with Crippen molar-refractivity contribution in [2.24, 2.45) is 12.8 Å². The van der Waals surface area contributed by atoms with Gasteiger partial charge in [-0.2, -0.15) is 5.10 Å². The van der Waals surface area contributed by atoms with Crippen molar-refractivity contribution >= 4 is 0 Å². The van der Waals surface area contributed by atoms with Crippen LogP contribution in [0.4, 0.5) is 0 Å². The number of hydrogen-bond donors (Lipinski definition) is 2. The molecule has 0 bridgehead atoms. The first-order chi connectivity index (χ1) is 6.65. The summed E-state index contributed by atoms with van der Waals surface area (Å²) in [4.78, 5) is 0. The van der Waals surface area contributed by atoms with E-state index < -0.39 is 0 Å². The summed E-state index contributed by atoms with van der Waals surface area (Å²) in [6.45, 7) is 2.29. The molecule has 5 heteroatoms. The molecule has 0 aliphatic rings. The SMILES string of the molecule is COc1c(C(CN)CO)c(C)nn1C. The lowest BCUT2D eigenvalue weighted by Gasteiger charge is -2.12. The average Bonchev–Trinajstić information content (AvgIpc) is 2.44. The van der Waals surface area contributed by atoms with Crippen LogP contribution in [0.2, 0.25) is 0 Å². The fourth-order valence-electron chi connectivity index (χ4n) is 1.65. The standard InChI is InChI=1S/C9H17N3O2/c1-6-8(7(4-10)5-13)9(14-3)12(2)11-6/h7,13H,4-5,10H2,1-3H3. The van der Waals surface area contributed by atoms with Gasteiger partial charge in [-0.3, -0.25) is 0 Å². The Labute approximate surface area is 83.5 Å². The Morgan fingerprint density at radius 1 is 1.64 bits per heavy atom. The van der Waals surface area contributed by atoms with Crippen LogP contribution in [0.5, 0.6) is 5.88 Å². The quantitative estimate of drug-likeness (QED) is 0.702. The number of aliphatic hydroxyl groups excluding tert-OH is 1. The molecular weight excluding hydrogens is 182 g/mol. The Balaban J connectivity index is 3.16. The van der Waals surface area contributed by atoms with Gasteiger partial charge in [-0.1, -0.05) is 0 Å². The molecule has 5 nitrogen and oxygen atoms in total. The van der Waals surface area contributed by atoms with Crippen LogP contribution in [0.3, 0.4) is 0 Å². The van der Waals surface area contributed by atoms with Crippen LogP contribution in [-0.4, -0.2) is 35.1 Å². The summed E-state index contributed by atoms with van der Waals surface area (Å²) in [5, 5.41) is 13.4. The first-order valence-corrected chi connectivity index (χ1v) is 4.54. The maximum absolute atomic E-state index is 9.16. The predicted molar refractivity (Wildman–Crippen MR) is 53.4 cm³/mol. The minimum absolute atomic E-state index is 0.0133. The number of nitrogens with zero attached hydrogens (tertiary/aromatic N) is 2. The number of methoxy groups -OCH3 is 1. The zero-order chi connectivity index (χ0) is 10.7. The van der Waals surface area contributed by atoms with Crippen LogP contribution in [0.1, 0.15) is 17.2 Å². The Bertz CT molecular complexity index is 305. The van der Waals surface area contributed by atoms with Crippen LogP contribution in [-0.2, 0) is 7.05 Å². The number of aryl methyl sites for hydroxylation is 2. The van der Waals surface area contributed by atoms with Gasteiger partial charge in [-0.05, 0) is 6.92 Å². The van der Waals surface area contributed by atoms with Gasteiger partial charge in [-0.15, -0.1) is 0 Å². The minimum Gasteiger partial charge on any atom is -0.481 e. The molecule has 1 rings (SSSR count). The molecular formula is C9H17N3O2. The van der Waals surface area contributed by atoms with E-state index in [0.717, 1.165) is 11.3 Å². The molecule has 0 saturated carbocycles. The molecule has 1 heterocycles. The monoisotopic (exact) mass is 199 g/mol. The molecule has 0 amide bonds. The Morgan fingerprint density at radius 2 is 2.29 bits per heavy atom. The highest BCUT2D eigenvalue weighted by atomic mass is 16.5. The smallest absolute Gasteiger partial charge is 0.215 e. The molecule has 0 spiro atoms. The van der Waals surface area contributed by atoms with Gasteiger partial charge in [0.05, 0.1) is 19.4 Å². The zero-order valence-electron chi connectivity index (χ0n) is 8.82. The first-order valence-electron chi connectivity index (χ1n) is 4.54. The average molecular weight is 199 g/mol. The Morgan fingerprint density at radius 3 is 2.71 bits per heavy atom. The summed E-state index contributed by atoms with van der Waals surface area (Å²) in [5.74, 6) is 0.575. The number of rotatable bonds is 4. The number of aromatic nitrogens is 2. The summed E-state index contributed by atoms with van der Waals surface area (Å²) in [6.07, 6.45) is 0. The van der Waals surface area contributed by atoms with Crippen LogP contribution >= 0.6 is 0 Å². The predicted octanol–water partition coefficient (Wildman–Crippen LogP) is -0.228. The van der Waals surface area contributed by atoms with Gasteiger partial charge >= 0.3 is 0 Å². The molecule has 1 unspecified atom stereocenters. The summed E-state index contributed by atoms with van der Waals surface area (Å²) in [6, 6.07) is 0. The second kappa shape index (κ2) is 4.43. The van der Waals surface area contributed by atoms with Crippen molar-refractivity contribution in [3.05, 3.63) is 11.3 Å². The highest BCUT2D eigenvalue weighted by Gasteiger charge is 2.21. The van der Waals surface area contributed by atoms with Crippen molar-refractivity contribution in [3.8, 4) is 5.88 Å². The van der Waals surface area contributed by atoms with E-state index in [-0.39, 0.29) is 12.5 Å². The van der Waals surface area contributed by atoms with E-state index in [1.165, 1.54) is 0 Å². The molecule has 0 aliphatic heterocycles. The third-order valence-electron chi connectivity index (χ3n) is 2.32. The van der Waals surface area contributed by atoms with Crippen molar-refractivity contribution in [3.63, 3.8) is 0 Å². The molecule has 0 radical (unpaired) electrons. The largest absolute Gasteiger partial charge is 0.481 e. The number of hydrogen-bond acceptors (Lipinski definition) is 4. The molecule has 14 heavy (non-hydrogen) atoms. The van der Waals surface area contributed by atoms with Crippen molar-refractivity contribution in [1.29, 1.82) is 0 Å². The van der Waals surface area contributed by atoms with Gasteiger partial charge < -0.3 is 15.6 Å². The van der Waals surface area contributed by atoms with E-state index in [2.05, 4.69) is 5.10 Å². The van der Waals surface area contributed by atoms with E-state index in [4.69, 9.17) is 15.6 Å². The van der Waals surface area contributed by atoms with Gasteiger partial charge in [0.2, 0.25) is 5.88 Å². The topological polar surface area (TPSA) is 73.3 Å². The van der Waals surface area contributed by atoms with Crippen LogP contribution in [0.25, 0.3) is 0 Å². The number of aliphatic hydroxyl groups is 1. The highest BCUT2D eigenvalue weighted by molar-refractivity contribution is 5.34.